The maximum absolute atomic E-state index is 14.3. The standard InChI is InChI=1S/C34H37ClN2O8S/c1-18-14-23(38)28(32(40)34(18)33(41)29-25(42-4)16-26(43-5)30(35)31(29)45-34)21(19-9-11-20(46-6)12-10-19)15-27(39)36-17-22(37(2)3)24-8-7-13-44-24/h7-13,16,18,21-22,40H,14-15,17H2,1-6H3,(H,36,39). The highest BCUT2D eigenvalue weighted by atomic mass is 35.5. The predicted octanol–water partition coefficient (Wildman–Crippen LogP) is 6.00. The number of carbonyl (C=O) groups excluding carboxylic acids is 3. The van der Waals surface area contributed by atoms with E-state index < -0.39 is 29.0 Å². The first-order valence-corrected chi connectivity index (χ1v) is 16.3. The van der Waals surface area contributed by atoms with Crippen molar-refractivity contribution >= 4 is 40.8 Å². The molecule has 0 bridgehead atoms. The Morgan fingerprint density at radius 2 is 1.87 bits per heavy atom. The maximum Gasteiger partial charge on any atom is 0.231 e. The molecule has 12 heteroatoms. The molecule has 3 aromatic rings. The number of methoxy groups -OCH3 is 2. The van der Waals surface area contributed by atoms with Crippen molar-refractivity contribution in [2.75, 3.05) is 41.1 Å². The molecule has 1 aromatic heterocycles. The molecule has 2 N–H and O–H groups in total. The zero-order chi connectivity index (χ0) is 33.3. The molecular weight excluding hydrogens is 632 g/mol. The summed E-state index contributed by atoms with van der Waals surface area (Å²) in [5, 5.41) is 15.1. The molecule has 244 valence electrons. The first kappa shape index (κ1) is 33.4. The molecule has 46 heavy (non-hydrogen) atoms. The summed E-state index contributed by atoms with van der Waals surface area (Å²) in [6, 6.07) is 12.3. The van der Waals surface area contributed by atoms with Crippen LogP contribution in [0.4, 0.5) is 0 Å². The predicted molar refractivity (Wildman–Crippen MR) is 174 cm³/mol. The molecule has 4 unspecified atom stereocenters. The number of furan rings is 1. The van der Waals surface area contributed by atoms with E-state index in [2.05, 4.69) is 5.32 Å². The summed E-state index contributed by atoms with van der Waals surface area (Å²) in [6.45, 7) is 1.91. The smallest absolute Gasteiger partial charge is 0.231 e. The van der Waals surface area contributed by atoms with E-state index in [0.29, 0.717) is 11.3 Å². The van der Waals surface area contributed by atoms with Gasteiger partial charge in [0.05, 0.1) is 26.5 Å². The number of hydrogen-bond donors (Lipinski definition) is 2. The van der Waals surface area contributed by atoms with Crippen LogP contribution in [0.1, 0.15) is 53.4 Å². The van der Waals surface area contributed by atoms with E-state index in [0.717, 1.165) is 4.90 Å². The van der Waals surface area contributed by atoms with Gasteiger partial charge in [0.2, 0.25) is 17.3 Å². The zero-order valence-corrected chi connectivity index (χ0v) is 28.1. The van der Waals surface area contributed by atoms with Crippen LogP contribution in [-0.2, 0) is 9.59 Å². The Bertz CT molecular complexity index is 1670. The minimum atomic E-state index is -1.96. The molecular formula is C34H37ClN2O8S. The second kappa shape index (κ2) is 13.4. The highest BCUT2D eigenvalue weighted by Crippen LogP contribution is 2.55. The number of nitrogens with one attached hydrogen (secondary N) is 1. The number of ketones is 2. The van der Waals surface area contributed by atoms with E-state index in [1.165, 1.54) is 20.3 Å². The summed E-state index contributed by atoms with van der Waals surface area (Å²) in [7, 11) is 6.58. The number of carbonyl (C=O) groups is 3. The zero-order valence-electron chi connectivity index (χ0n) is 26.5. The minimum absolute atomic E-state index is 0.00114. The number of aliphatic hydroxyl groups excluding tert-OH is 1. The number of thioether (sulfide) groups is 1. The van der Waals surface area contributed by atoms with Gasteiger partial charge in [-0.1, -0.05) is 30.7 Å². The number of Topliss-reactive ketones (excluding diaryl/α,β-unsaturated/α-hetero) is 2. The number of likely N-dealkylation sites (N-methyl/N-ethyl adjacent to an activating group) is 1. The van der Waals surface area contributed by atoms with Crippen LogP contribution < -0.4 is 19.5 Å². The first-order chi connectivity index (χ1) is 22.0. The van der Waals surface area contributed by atoms with Gasteiger partial charge < -0.3 is 29.1 Å². The molecule has 2 aliphatic rings. The lowest BCUT2D eigenvalue weighted by Gasteiger charge is -2.38. The number of aliphatic hydroxyl groups is 1. The Morgan fingerprint density at radius 3 is 2.46 bits per heavy atom. The number of halogens is 1. The van der Waals surface area contributed by atoms with Crippen LogP contribution in [0.5, 0.6) is 17.2 Å². The number of nitrogens with zero attached hydrogens (tertiary/aromatic N) is 1. The van der Waals surface area contributed by atoms with E-state index in [9.17, 15) is 19.5 Å². The molecule has 1 aliphatic heterocycles. The van der Waals surface area contributed by atoms with Crippen molar-refractivity contribution in [3.05, 3.63) is 82.0 Å². The molecule has 4 atom stereocenters. The van der Waals surface area contributed by atoms with Crippen LogP contribution >= 0.6 is 23.4 Å². The van der Waals surface area contributed by atoms with Crippen molar-refractivity contribution < 1.29 is 38.1 Å². The van der Waals surface area contributed by atoms with Crippen LogP contribution in [0.15, 0.2) is 69.4 Å². The summed E-state index contributed by atoms with van der Waals surface area (Å²) >= 11 is 8.15. The van der Waals surface area contributed by atoms with Crippen LogP contribution in [0, 0.1) is 5.92 Å². The summed E-state index contributed by atoms with van der Waals surface area (Å²) < 4.78 is 22.7. The minimum Gasteiger partial charge on any atom is -0.507 e. The van der Waals surface area contributed by atoms with Gasteiger partial charge >= 0.3 is 0 Å². The summed E-state index contributed by atoms with van der Waals surface area (Å²) in [6.07, 6.45) is 3.23. The second-order valence-electron chi connectivity index (χ2n) is 11.6. The normalized spacial score (nSPS) is 20.5. The second-order valence-corrected chi connectivity index (χ2v) is 12.8. The van der Waals surface area contributed by atoms with Crippen LogP contribution in [0.3, 0.4) is 0 Å². The molecule has 10 nitrogen and oxygen atoms in total. The number of benzene rings is 2. The van der Waals surface area contributed by atoms with Crippen LogP contribution in [-0.4, -0.2) is 74.2 Å². The highest BCUT2D eigenvalue weighted by Gasteiger charge is 2.61. The average Bonchev–Trinajstić information content (AvgIpc) is 3.68. The van der Waals surface area contributed by atoms with E-state index in [1.54, 1.807) is 31.0 Å². The van der Waals surface area contributed by atoms with Crippen LogP contribution in [0.25, 0.3) is 0 Å². The number of amides is 1. The van der Waals surface area contributed by atoms with Gasteiger partial charge in [0, 0.05) is 47.8 Å². The molecule has 1 aliphatic carbocycles. The Hall–Kier alpha value is -3.93. The topological polar surface area (TPSA) is 128 Å². The number of allylic oxidation sites excluding steroid dienone is 1. The quantitative estimate of drug-likeness (QED) is 0.235. The largest absolute Gasteiger partial charge is 0.507 e. The van der Waals surface area contributed by atoms with Crippen molar-refractivity contribution in [3.63, 3.8) is 0 Å². The van der Waals surface area contributed by atoms with Crippen molar-refractivity contribution in [1.29, 1.82) is 0 Å². The molecule has 0 radical (unpaired) electrons. The van der Waals surface area contributed by atoms with Gasteiger partial charge in [-0.05, 0) is 50.2 Å². The summed E-state index contributed by atoms with van der Waals surface area (Å²) in [4.78, 5) is 44.6. The van der Waals surface area contributed by atoms with Gasteiger partial charge in [-0.2, -0.15) is 0 Å². The van der Waals surface area contributed by atoms with Crippen LogP contribution in [0.2, 0.25) is 5.02 Å². The van der Waals surface area contributed by atoms with E-state index >= 15 is 0 Å². The molecule has 0 fully saturated rings. The number of fused-ring (bicyclic) bond motifs is 1. The fourth-order valence-electron chi connectivity index (χ4n) is 6.25. The first-order valence-electron chi connectivity index (χ1n) is 14.7. The Labute approximate surface area is 277 Å². The Balaban J connectivity index is 1.57. The third-order valence-electron chi connectivity index (χ3n) is 8.76. The van der Waals surface area contributed by atoms with Gasteiger partial charge in [0.15, 0.2) is 17.3 Å². The highest BCUT2D eigenvalue weighted by molar-refractivity contribution is 7.98. The molecule has 0 saturated carbocycles. The summed E-state index contributed by atoms with van der Waals surface area (Å²) in [5.41, 5.74) is -1.34. The molecule has 2 aromatic carbocycles. The molecule has 1 amide bonds. The van der Waals surface area contributed by atoms with Crippen molar-refractivity contribution in [2.45, 2.75) is 42.2 Å². The van der Waals surface area contributed by atoms with Gasteiger partial charge in [0.1, 0.15) is 27.8 Å². The van der Waals surface area contributed by atoms with Crippen molar-refractivity contribution in [2.24, 2.45) is 5.92 Å². The lowest BCUT2D eigenvalue weighted by Crippen LogP contribution is -2.53. The fraction of sp³-hybridized carbons (Fsp3) is 0.382. The van der Waals surface area contributed by atoms with Gasteiger partial charge in [-0.25, -0.2) is 0 Å². The lowest BCUT2D eigenvalue weighted by molar-refractivity contribution is -0.122. The molecule has 1 spiro atoms. The molecule has 5 rings (SSSR count). The number of hydrogen-bond acceptors (Lipinski definition) is 10. The molecule has 0 saturated heterocycles. The van der Waals surface area contributed by atoms with Gasteiger partial charge in [0.25, 0.3) is 0 Å². The van der Waals surface area contributed by atoms with E-state index in [4.69, 9.17) is 30.2 Å². The molecule has 2 heterocycles. The van der Waals surface area contributed by atoms with Crippen molar-refractivity contribution in [1.82, 2.24) is 10.2 Å². The van der Waals surface area contributed by atoms with E-state index in [1.807, 2.05) is 55.6 Å². The fourth-order valence-corrected chi connectivity index (χ4v) is 6.92. The summed E-state index contributed by atoms with van der Waals surface area (Å²) in [5.74, 6) is -2.45. The number of ether oxygens (including phenoxy) is 3. The van der Waals surface area contributed by atoms with Gasteiger partial charge in [-0.15, -0.1) is 11.8 Å². The lowest BCUT2D eigenvalue weighted by atomic mass is 9.69. The van der Waals surface area contributed by atoms with Crippen molar-refractivity contribution in [3.8, 4) is 17.2 Å². The maximum atomic E-state index is 14.3. The van der Waals surface area contributed by atoms with E-state index in [-0.39, 0.29) is 70.5 Å². The van der Waals surface area contributed by atoms with Gasteiger partial charge in [-0.3, -0.25) is 19.3 Å². The average molecular weight is 669 g/mol. The number of rotatable bonds is 11. The third kappa shape index (κ3) is 5.76. The Morgan fingerprint density at radius 1 is 1.17 bits per heavy atom. The Kier molecular flexibility index (Phi) is 9.76. The SMILES string of the molecule is COc1cc(OC)c2c(c1Cl)OC1(C2=O)C(O)=C(C(CC(=O)NCC(c2ccco2)N(C)C)c2ccc(SC)cc2)C(=O)CC1C. The third-order valence-corrected chi connectivity index (χ3v) is 9.86. The monoisotopic (exact) mass is 668 g/mol.